The van der Waals surface area contributed by atoms with Crippen molar-refractivity contribution < 1.29 is 41.2 Å². The number of sulfonamides is 1. The molecule has 1 spiro atoms. The van der Waals surface area contributed by atoms with Gasteiger partial charge in [-0.15, -0.1) is 0 Å². The third-order valence-electron chi connectivity index (χ3n) is 14.0. The topological polar surface area (TPSA) is 164 Å². The molecule has 4 aromatic rings. The molecule has 6 aliphatic heterocycles. The average molecular weight is 854 g/mol. The molecule has 2 N–H and O–H groups in total. The molecule has 0 radical (unpaired) electrons. The van der Waals surface area contributed by atoms with Crippen molar-refractivity contribution in [3.8, 4) is 0 Å². The smallest absolute Gasteiger partial charge is 0.262 e. The Labute approximate surface area is 350 Å². The number of nitrogens with zero attached hydrogens (tertiary/aromatic N) is 5. The van der Waals surface area contributed by atoms with E-state index < -0.39 is 57.4 Å². The van der Waals surface area contributed by atoms with Crippen LogP contribution in [0.15, 0.2) is 48.5 Å². The number of amides is 5. The van der Waals surface area contributed by atoms with Crippen molar-refractivity contribution in [1.82, 2.24) is 29.3 Å². The first-order valence-corrected chi connectivity index (χ1v) is 22.7. The van der Waals surface area contributed by atoms with E-state index in [1.807, 2.05) is 39.0 Å². The van der Waals surface area contributed by atoms with Crippen LogP contribution in [0.1, 0.15) is 93.2 Å². The first-order valence-electron chi connectivity index (χ1n) is 20.9. The first kappa shape index (κ1) is 39.6. The molecule has 0 saturated carbocycles. The summed E-state index contributed by atoms with van der Waals surface area (Å²) in [5.74, 6) is -3.78. The lowest BCUT2D eigenvalue weighted by atomic mass is 9.71. The molecule has 61 heavy (non-hydrogen) atoms. The van der Waals surface area contributed by atoms with Crippen LogP contribution in [0.25, 0.3) is 10.9 Å². The number of carbonyl (C=O) groups excluding carboxylic acids is 5. The van der Waals surface area contributed by atoms with Gasteiger partial charge in [0.15, 0.2) is 0 Å². The molecule has 0 bridgehead atoms. The molecule has 17 heteroatoms. The molecule has 14 nitrogen and oxygen atoms in total. The molecule has 1 aromatic heterocycles. The molecule has 7 heterocycles. The second-order valence-electron chi connectivity index (χ2n) is 17.5. The maximum Gasteiger partial charge on any atom is 0.262 e. The van der Waals surface area contributed by atoms with E-state index in [4.69, 9.17) is 0 Å². The Morgan fingerprint density at radius 3 is 2.08 bits per heavy atom. The van der Waals surface area contributed by atoms with Gasteiger partial charge in [0.25, 0.3) is 11.8 Å². The SMILES string of the molecule is CS(=O)(=O)N1CCc2c([nH]c3ccccc23)[C@H]1c1c(F)cc(N2CCC3(CCN(C(=O)CN4Cc5cc6c(cc5C4)C(=O)N(C4CCC(=O)NC4=O)C6=O)CC3)CC2)cc1F. The summed E-state index contributed by atoms with van der Waals surface area (Å²) in [6, 6.07) is 11.4. The fourth-order valence-electron chi connectivity index (χ4n) is 10.7. The number of piperidine rings is 3. The van der Waals surface area contributed by atoms with Crippen LogP contribution in [0.4, 0.5) is 14.5 Å². The molecule has 3 aromatic carbocycles. The van der Waals surface area contributed by atoms with Gasteiger partial charge in [-0.25, -0.2) is 17.2 Å². The number of para-hydroxylation sites is 1. The van der Waals surface area contributed by atoms with E-state index in [9.17, 15) is 32.4 Å². The number of rotatable bonds is 6. The first-order chi connectivity index (χ1) is 29.2. The van der Waals surface area contributed by atoms with Crippen LogP contribution in [-0.2, 0) is 43.9 Å². The zero-order valence-electron chi connectivity index (χ0n) is 33.6. The maximum atomic E-state index is 16.2. The number of fused-ring (bicyclic) bond motifs is 5. The third-order valence-corrected chi connectivity index (χ3v) is 15.3. The second-order valence-corrected chi connectivity index (χ2v) is 19.5. The van der Waals surface area contributed by atoms with Crippen molar-refractivity contribution in [1.29, 1.82) is 0 Å². The molecule has 318 valence electrons. The lowest BCUT2D eigenvalue weighted by molar-refractivity contribution is -0.137. The minimum Gasteiger partial charge on any atom is -0.371 e. The number of halogens is 2. The normalized spacial score (nSPS) is 23.2. The summed E-state index contributed by atoms with van der Waals surface area (Å²) in [4.78, 5) is 74.4. The number of carbonyl (C=O) groups is 5. The summed E-state index contributed by atoms with van der Waals surface area (Å²) < 4.78 is 59.6. The number of imide groups is 2. The highest BCUT2D eigenvalue weighted by Crippen LogP contribution is 2.45. The molecular weight excluding hydrogens is 809 g/mol. The van der Waals surface area contributed by atoms with Crippen molar-refractivity contribution in [2.24, 2.45) is 5.41 Å². The molecule has 1 unspecified atom stereocenters. The van der Waals surface area contributed by atoms with Gasteiger partial charge in [-0.1, -0.05) is 18.2 Å². The lowest BCUT2D eigenvalue weighted by Gasteiger charge is -2.47. The number of likely N-dealkylation sites (tertiary alicyclic amines) is 1. The van der Waals surface area contributed by atoms with Gasteiger partial charge in [-0.05, 0) is 91.0 Å². The standard InChI is InChI=1S/C44H45F2N7O7S/c1-61(59,60)52-13-8-29-28-4-2-3-5-34(28)47-39(29)40(52)38-32(45)20-27(21-33(38)46)50-14-9-44(10-15-50)11-16-51(17-12-44)37(55)24-49-22-25-18-30-31(19-26(25)23-49)43(58)53(42(30)57)35-6-7-36(54)48-41(35)56/h2-5,18-21,35,40,47H,6-17,22-24H2,1H3,(H,48,54,56)/t35?,40-/m1/s1. The summed E-state index contributed by atoms with van der Waals surface area (Å²) in [6.07, 6.45) is 4.84. The Balaban J connectivity index is 0.758. The van der Waals surface area contributed by atoms with Gasteiger partial charge in [0, 0.05) is 80.1 Å². The molecule has 10 rings (SSSR count). The highest BCUT2D eigenvalue weighted by Gasteiger charge is 2.46. The van der Waals surface area contributed by atoms with Gasteiger partial charge in [0.05, 0.1) is 30.0 Å². The number of hydrogen-bond acceptors (Lipinski definition) is 9. The van der Waals surface area contributed by atoms with Crippen molar-refractivity contribution in [2.75, 3.05) is 50.4 Å². The Hall–Kier alpha value is -5.52. The molecule has 3 saturated heterocycles. The van der Waals surface area contributed by atoms with Crippen molar-refractivity contribution in [2.45, 2.75) is 70.1 Å². The van der Waals surface area contributed by atoms with E-state index in [2.05, 4.69) is 10.3 Å². The molecule has 6 aliphatic rings. The highest BCUT2D eigenvalue weighted by molar-refractivity contribution is 7.88. The Bertz CT molecular complexity index is 2620. The van der Waals surface area contributed by atoms with Crippen LogP contribution in [0.5, 0.6) is 0 Å². The summed E-state index contributed by atoms with van der Waals surface area (Å²) in [5.41, 5.74) is 4.41. The summed E-state index contributed by atoms with van der Waals surface area (Å²) in [5, 5.41) is 3.12. The van der Waals surface area contributed by atoms with Crippen LogP contribution >= 0.6 is 0 Å². The van der Waals surface area contributed by atoms with Gasteiger partial charge >= 0.3 is 0 Å². The highest BCUT2D eigenvalue weighted by atomic mass is 32.2. The minimum absolute atomic E-state index is 0.000348. The van der Waals surface area contributed by atoms with Crippen molar-refractivity contribution in [3.63, 3.8) is 0 Å². The van der Waals surface area contributed by atoms with Gasteiger partial charge in [-0.2, -0.15) is 4.31 Å². The Morgan fingerprint density at radius 2 is 1.46 bits per heavy atom. The van der Waals surface area contributed by atoms with E-state index in [-0.39, 0.29) is 53.9 Å². The number of benzene rings is 3. The number of nitrogens with one attached hydrogen (secondary N) is 2. The van der Waals surface area contributed by atoms with Gasteiger partial charge in [0.1, 0.15) is 17.7 Å². The number of aromatic nitrogens is 1. The second kappa shape index (κ2) is 14.6. The molecule has 2 atom stereocenters. The van der Waals surface area contributed by atoms with E-state index in [0.29, 0.717) is 57.1 Å². The van der Waals surface area contributed by atoms with Crippen molar-refractivity contribution >= 4 is 56.1 Å². The van der Waals surface area contributed by atoms with E-state index in [0.717, 1.165) is 64.4 Å². The van der Waals surface area contributed by atoms with E-state index >= 15 is 8.78 Å². The summed E-state index contributed by atoms with van der Waals surface area (Å²) in [7, 11) is -3.82. The average Bonchev–Trinajstić information content (AvgIpc) is 3.88. The minimum atomic E-state index is -3.82. The third kappa shape index (κ3) is 6.72. The predicted molar refractivity (Wildman–Crippen MR) is 219 cm³/mol. The van der Waals surface area contributed by atoms with Crippen molar-refractivity contribution in [3.05, 3.63) is 99.2 Å². The van der Waals surface area contributed by atoms with Crippen LogP contribution < -0.4 is 10.2 Å². The number of hydrogen-bond donors (Lipinski definition) is 2. The van der Waals surface area contributed by atoms with E-state index in [1.54, 1.807) is 12.1 Å². The molecule has 5 amide bonds. The zero-order chi connectivity index (χ0) is 42.5. The fourth-order valence-corrected chi connectivity index (χ4v) is 11.7. The maximum absolute atomic E-state index is 16.2. The Kier molecular flexibility index (Phi) is 9.45. The largest absolute Gasteiger partial charge is 0.371 e. The number of anilines is 1. The Morgan fingerprint density at radius 1 is 0.836 bits per heavy atom. The molecule has 3 fully saturated rings. The van der Waals surface area contributed by atoms with E-state index in [1.165, 1.54) is 16.4 Å². The van der Waals surface area contributed by atoms with Gasteiger partial charge < -0.3 is 14.8 Å². The monoisotopic (exact) mass is 853 g/mol. The quantitative estimate of drug-likeness (QED) is 0.274. The van der Waals surface area contributed by atoms with Crippen LogP contribution in [0.3, 0.4) is 0 Å². The van der Waals surface area contributed by atoms with Gasteiger partial charge in [-0.3, -0.25) is 39.1 Å². The molecule has 0 aliphatic carbocycles. The fraction of sp³-hybridized carbons (Fsp3) is 0.432. The van der Waals surface area contributed by atoms with Gasteiger partial charge in [0.2, 0.25) is 27.7 Å². The predicted octanol–water partition coefficient (Wildman–Crippen LogP) is 3.98. The van der Waals surface area contributed by atoms with Crippen LogP contribution in [0, 0.1) is 17.0 Å². The summed E-state index contributed by atoms with van der Waals surface area (Å²) >= 11 is 0. The number of aromatic amines is 1. The zero-order valence-corrected chi connectivity index (χ0v) is 34.5. The lowest BCUT2D eigenvalue weighted by Crippen LogP contribution is -2.54. The molecular formula is C44H45F2N7O7S. The van der Waals surface area contributed by atoms with Crippen LogP contribution in [0.2, 0.25) is 0 Å². The number of H-pyrrole nitrogens is 1. The van der Waals surface area contributed by atoms with Crippen LogP contribution in [-0.4, -0.2) is 114 Å². The summed E-state index contributed by atoms with van der Waals surface area (Å²) in [6.45, 7) is 3.52.